The molecule has 0 saturated carbocycles. The van der Waals surface area contributed by atoms with E-state index in [9.17, 15) is 9.18 Å². The van der Waals surface area contributed by atoms with E-state index >= 15 is 0 Å². The Hall–Kier alpha value is -1.66. The van der Waals surface area contributed by atoms with Crippen LogP contribution in [-0.4, -0.2) is 49.4 Å². The summed E-state index contributed by atoms with van der Waals surface area (Å²) in [5, 5.41) is 3.57. The lowest BCUT2D eigenvalue weighted by Gasteiger charge is -2.35. The van der Waals surface area contributed by atoms with Crippen molar-refractivity contribution < 1.29 is 18.7 Å². The van der Waals surface area contributed by atoms with Crippen molar-refractivity contribution in [3.8, 4) is 0 Å². The molecule has 1 atom stereocenters. The standard InChI is InChI=1S/C19H29FN2O3/c1-19(2,3)25-18(23)22-11-9-16(10-12-22)21-17(13-24-4)14-5-7-15(20)8-6-14/h5-8,16-17,21H,9-13H2,1-4H3/t17-/m0/s1. The number of piperidine rings is 1. The zero-order chi connectivity index (χ0) is 18.4. The molecule has 1 aromatic carbocycles. The highest BCUT2D eigenvalue weighted by Crippen LogP contribution is 2.20. The number of ether oxygens (including phenoxy) is 2. The number of halogens is 1. The summed E-state index contributed by atoms with van der Waals surface area (Å²) in [6.45, 7) is 7.45. The van der Waals surface area contributed by atoms with Crippen molar-refractivity contribution in [1.82, 2.24) is 10.2 Å². The first-order valence-corrected chi connectivity index (χ1v) is 8.77. The Morgan fingerprint density at radius 2 is 1.88 bits per heavy atom. The van der Waals surface area contributed by atoms with E-state index in [0.29, 0.717) is 19.7 Å². The topological polar surface area (TPSA) is 50.8 Å². The van der Waals surface area contributed by atoms with E-state index in [1.54, 1.807) is 24.1 Å². The predicted octanol–water partition coefficient (Wildman–Crippen LogP) is 3.50. The van der Waals surface area contributed by atoms with Crippen LogP contribution >= 0.6 is 0 Å². The molecule has 1 aromatic rings. The van der Waals surface area contributed by atoms with Gasteiger partial charge in [0.2, 0.25) is 0 Å². The first-order valence-electron chi connectivity index (χ1n) is 8.77. The van der Waals surface area contributed by atoms with E-state index in [-0.39, 0.29) is 24.0 Å². The fourth-order valence-electron chi connectivity index (χ4n) is 2.94. The summed E-state index contributed by atoms with van der Waals surface area (Å²) < 4.78 is 23.9. The van der Waals surface area contributed by atoms with Crippen molar-refractivity contribution >= 4 is 6.09 Å². The van der Waals surface area contributed by atoms with E-state index in [0.717, 1.165) is 18.4 Å². The van der Waals surface area contributed by atoms with Crippen LogP contribution in [0.5, 0.6) is 0 Å². The molecule has 1 aliphatic heterocycles. The molecule has 1 aliphatic rings. The van der Waals surface area contributed by atoms with Crippen molar-refractivity contribution in [2.45, 2.75) is 51.3 Å². The van der Waals surface area contributed by atoms with Gasteiger partial charge in [-0.3, -0.25) is 0 Å². The lowest BCUT2D eigenvalue weighted by Crippen LogP contribution is -2.47. The quantitative estimate of drug-likeness (QED) is 0.881. The molecule has 0 aromatic heterocycles. The van der Waals surface area contributed by atoms with Gasteiger partial charge in [-0.05, 0) is 51.3 Å². The number of amides is 1. The Morgan fingerprint density at radius 1 is 1.28 bits per heavy atom. The molecule has 5 nitrogen and oxygen atoms in total. The summed E-state index contributed by atoms with van der Waals surface area (Å²) in [4.78, 5) is 13.9. The number of rotatable bonds is 5. The van der Waals surface area contributed by atoms with Gasteiger partial charge >= 0.3 is 6.09 Å². The van der Waals surface area contributed by atoms with Gasteiger partial charge in [-0.25, -0.2) is 9.18 Å². The number of nitrogens with one attached hydrogen (secondary N) is 1. The van der Waals surface area contributed by atoms with E-state index in [2.05, 4.69) is 5.32 Å². The van der Waals surface area contributed by atoms with E-state index in [1.165, 1.54) is 12.1 Å². The molecule has 0 aliphatic carbocycles. The fourth-order valence-corrected chi connectivity index (χ4v) is 2.94. The number of methoxy groups -OCH3 is 1. The molecular formula is C19H29FN2O3. The average molecular weight is 352 g/mol. The zero-order valence-corrected chi connectivity index (χ0v) is 15.5. The summed E-state index contributed by atoms with van der Waals surface area (Å²) in [6.07, 6.45) is 1.44. The van der Waals surface area contributed by atoms with Crippen LogP contribution in [0.1, 0.15) is 45.2 Å². The molecule has 0 bridgehead atoms. The van der Waals surface area contributed by atoms with Crippen LogP contribution in [0.15, 0.2) is 24.3 Å². The molecule has 0 unspecified atom stereocenters. The van der Waals surface area contributed by atoms with Gasteiger partial charge in [-0.1, -0.05) is 12.1 Å². The maximum Gasteiger partial charge on any atom is 0.410 e. The van der Waals surface area contributed by atoms with E-state index in [1.807, 2.05) is 20.8 Å². The number of benzene rings is 1. The molecule has 2 rings (SSSR count). The number of hydrogen-bond donors (Lipinski definition) is 1. The molecular weight excluding hydrogens is 323 g/mol. The van der Waals surface area contributed by atoms with Gasteiger partial charge in [-0.2, -0.15) is 0 Å². The largest absolute Gasteiger partial charge is 0.444 e. The molecule has 0 radical (unpaired) electrons. The first kappa shape index (κ1) is 19.7. The second-order valence-corrected chi connectivity index (χ2v) is 7.47. The molecule has 0 spiro atoms. The minimum atomic E-state index is -0.474. The molecule has 1 saturated heterocycles. The van der Waals surface area contributed by atoms with Crippen LogP contribution in [0, 0.1) is 5.82 Å². The third-order valence-corrected chi connectivity index (χ3v) is 4.19. The van der Waals surface area contributed by atoms with E-state index < -0.39 is 5.60 Å². The Kier molecular flexibility index (Phi) is 6.79. The molecule has 1 heterocycles. The van der Waals surface area contributed by atoms with Gasteiger partial charge < -0.3 is 19.7 Å². The zero-order valence-electron chi connectivity index (χ0n) is 15.5. The van der Waals surface area contributed by atoms with Crippen molar-refractivity contribution in [3.63, 3.8) is 0 Å². The van der Waals surface area contributed by atoms with Crippen molar-refractivity contribution in [2.24, 2.45) is 0 Å². The third kappa shape index (κ3) is 6.29. The second-order valence-electron chi connectivity index (χ2n) is 7.47. The van der Waals surface area contributed by atoms with Crippen LogP contribution in [-0.2, 0) is 9.47 Å². The van der Waals surface area contributed by atoms with Crippen molar-refractivity contribution in [2.75, 3.05) is 26.8 Å². The van der Waals surface area contributed by atoms with Gasteiger partial charge in [0.1, 0.15) is 11.4 Å². The molecule has 6 heteroatoms. The Morgan fingerprint density at radius 3 is 2.40 bits per heavy atom. The predicted molar refractivity (Wildman–Crippen MR) is 95.0 cm³/mol. The van der Waals surface area contributed by atoms with Gasteiger partial charge in [0, 0.05) is 26.2 Å². The number of hydrogen-bond acceptors (Lipinski definition) is 4. The Balaban J connectivity index is 1.88. The van der Waals surface area contributed by atoms with Crippen molar-refractivity contribution in [3.05, 3.63) is 35.6 Å². The highest BCUT2D eigenvalue weighted by molar-refractivity contribution is 5.68. The molecule has 1 amide bonds. The van der Waals surface area contributed by atoms with Crippen LogP contribution in [0.3, 0.4) is 0 Å². The summed E-state index contributed by atoms with van der Waals surface area (Å²) in [7, 11) is 1.66. The normalized spacial score (nSPS) is 17.4. The Labute approximate surface area is 149 Å². The van der Waals surface area contributed by atoms with E-state index in [4.69, 9.17) is 9.47 Å². The minimum absolute atomic E-state index is 0.00340. The van der Waals surface area contributed by atoms with Crippen molar-refractivity contribution in [1.29, 1.82) is 0 Å². The molecule has 25 heavy (non-hydrogen) atoms. The summed E-state index contributed by atoms with van der Waals surface area (Å²) >= 11 is 0. The van der Waals surface area contributed by atoms with Gasteiger partial charge in [0.25, 0.3) is 0 Å². The molecule has 1 N–H and O–H groups in total. The minimum Gasteiger partial charge on any atom is -0.444 e. The van der Waals surface area contributed by atoms with Crippen LogP contribution in [0.2, 0.25) is 0 Å². The highest BCUT2D eigenvalue weighted by Gasteiger charge is 2.28. The van der Waals surface area contributed by atoms with Gasteiger partial charge in [0.05, 0.1) is 12.6 Å². The smallest absolute Gasteiger partial charge is 0.410 e. The number of carbonyl (C=O) groups excluding carboxylic acids is 1. The monoisotopic (exact) mass is 352 g/mol. The number of likely N-dealkylation sites (tertiary alicyclic amines) is 1. The first-order chi connectivity index (χ1) is 11.8. The third-order valence-electron chi connectivity index (χ3n) is 4.19. The second kappa shape index (κ2) is 8.63. The van der Waals surface area contributed by atoms with Crippen LogP contribution in [0.4, 0.5) is 9.18 Å². The van der Waals surface area contributed by atoms with Gasteiger partial charge in [0.15, 0.2) is 0 Å². The van der Waals surface area contributed by atoms with Crippen LogP contribution < -0.4 is 5.32 Å². The average Bonchev–Trinajstić information content (AvgIpc) is 2.54. The SMILES string of the molecule is COC[C@H](NC1CCN(C(=O)OC(C)(C)C)CC1)c1ccc(F)cc1. The molecule has 140 valence electrons. The Bertz CT molecular complexity index is 549. The lowest BCUT2D eigenvalue weighted by molar-refractivity contribution is 0.0192. The lowest BCUT2D eigenvalue weighted by atomic mass is 10.0. The molecule has 1 fully saturated rings. The summed E-state index contributed by atoms with van der Waals surface area (Å²) in [6, 6.07) is 6.77. The number of carbonyl (C=O) groups is 1. The highest BCUT2D eigenvalue weighted by atomic mass is 19.1. The number of nitrogens with zero attached hydrogens (tertiary/aromatic N) is 1. The maximum atomic E-state index is 13.1. The summed E-state index contributed by atoms with van der Waals surface area (Å²) in [5.41, 5.74) is 0.524. The van der Waals surface area contributed by atoms with Crippen LogP contribution in [0.25, 0.3) is 0 Å². The van der Waals surface area contributed by atoms with Gasteiger partial charge in [-0.15, -0.1) is 0 Å². The summed E-state index contributed by atoms with van der Waals surface area (Å²) in [5.74, 6) is -0.245. The maximum absolute atomic E-state index is 13.1. The fraction of sp³-hybridized carbons (Fsp3) is 0.632.